The summed E-state index contributed by atoms with van der Waals surface area (Å²) in [5.41, 5.74) is 0.898. The maximum atomic E-state index is 13.2. The van der Waals surface area contributed by atoms with Crippen LogP contribution >= 0.6 is 0 Å². The second-order valence-electron chi connectivity index (χ2n) is 7.85. The smallest absolute Gasteiger partial charge is 0.207 e. The molecule has 0 aromatic heterocycles. The van der Waals surface area contributed by atoms with Crippen LogP contribution in [0, 0.1) is 0 Å². The van der Waals surface area contributed by atoms with E-state index >= 15 is 0 Å². The molecule has 1 aliphatic heterocycles. The lowest BCUT2D eigenvalue weighted by Gasteiger charge is -2.37. The summed E-state index contributed by atoms with van der Waals surface area (Å²) in [6, 6.07) is 14.9. The molecule has 3 rings (SSSR count). The summed E-state index contributed by atoms with van der Waals surface area (Å²) >= 11 is 0. The van der Waals surface area contributed by atoms with Gasteiger partial charge in [-0.2, -0.15) is 8.61 Å². The standard InChI is InChI=1S/C22H30N2O4S2/c1-4-23(17-20-11-6-5-7-12-20)29(25,26)21-13-15-22(16-14-21)30(27,28)24-18(2)9-8-10-19(24)3/h5-7,11-16,18-19H,4,8-10,17H2,1-3H3/t18-,19-/m1/s1. The SMILES string of the molecule is CCN(Cc1ccccc1)S(=O)(=O)c1ccc(S(=O)(=O)N2[C@H](C)CCC[C@H]2C)cc1. The van der Waals surface area contributed by atoms with Gasteiger partial charge < -0.3 is 0 Å². The van der Waals surface area contributed by atoms with Crippen LogP contribution in [0.1, 0.15) is 45.6 Å². The summed E-state index contributed by atoms with van der Waals surface area (Å²) in [5, 5.41) is 0. The van der Waals surface area contributed by atoms with E-state index in [1.54, 1.807) is 11.2 Å². The number of nitrogens with zero attached hydrogens (tertiary/aromatic N) is 2. The maximum Gasteiger partial charge on any atom is 0.243 e. The number of hydrogen-bond acceptors (Lipinski definition) is 4. The van der Waals surface area contributed by atoms with Crippen molar-refractivity contribution < 1.29 is 16.8 Å². The van der Waals surface area contributed by atoms with Gasteiger partial charge in [-0.15, -0.1) is 0 Å². The van der Waals surface area contributed by atoms with Crippen LogP contribution in [0.5, 0.6) is 0 Å². The lowest BCUT2D eigenvalue weighted by Crippen LogP contribution is -2.47. The van der Waals surface area contributed by atoms with Crippen molar-refractivity contribution in [2.45, 2.75) is 68.5 Å². The normalized spacial score (nSPS) is 21.1. The number of hydrogen-bond donors (Lipinski definition) is 0. The average molecular weight is 451 g/mol. The Morgan fingerprint density at radius 2 is 1.40 bits per heavy atom. The second kappa shape index (κ2) is 9.18. The van der Waals surface area contributed by atoms with E-state index in [0.29, 0.717) is 6.54 Å². The van der Waals surface area contributed by atoms with Gasteiger partial charge in [-0.1, -0.05) is 43.7 Å². The second-order valence-corrected chi connectivity index (χ2v) is 11.6. The van der Waals surface area contributed by atoms with Crippen LogP contribution in [-0.2, 0) is 26.6 Å². The van der Waals surface area contributed by atoms with E-state index in [0.717, 1.165) is 24.8 Å². The molecule has 0 N–H and O–H groups in total. The summed E-state index contributed by atoms with van der Waals surface area (Å²) in [7, 11) is -7.41. The first-order valence-corrected chi connectivity index (χ1v) is 13.2. The van der Waals surface area contributed by atoms with Gasteiger partial charge in [0.25, 0.3) is 0 Å². The summed E-state index contributed by atoms with van der Waals surface area (Å²) in [5.74, 6) is 0. The molecule has 0 spiro atoms. The highest BCUT2D eigenvalue weighted by atomic mass is 32.2. The van der Waals surface area contributed by atoms with Crippen LogP contribution in [0.15, 0.2) is 64.4 Å². The van der Waals surface area contributed by atoms with Crippen molar-refractivity contribution in [3.05, 3.63) is 60.2 Å². The van der Waals surface area contributed by atoms with Gasteiger partial charge in [-0.05, 0) is 56.5 Å². The van der Waals surface area contributed by atoms with Gasteiger partial charge in [0.15, 0.2) is 0 Å². The summed E-state index contributed by atoms with van der Waals surface area (Å²) < 4.78 is 55.5. The van der Waals surface area contributed by atoms with Crippen LogP contribution in [0.2, 0.25) is 0 Å². The van der Waals surface area contributed by atoms with E-state index in [1.165, 1.54) is 28.6 Å². The van der Waals surface area contributed by atoms with Crippen LogP contribution in [0.25, 0.3) is 0 Å². The molecule has 2 atom stereocenters. The zero-order valence-corrected chi connectivity index (χ0v) is 19.4. The molecule has 1 aliphatic rings. The fraction of sp³-hybridized carbons (Fsp3) is 0.455. The van der Waals surface area contributed by atoms with Crippen LogP contribution in [-0.4, -0.2) is 44.1 Å². The molecule has 8 heteroatoms. The summed E-state index contributed by atoms with van der Waals surface area (Å²) in [4.78, 5) is 0.229. The fourth-order valence-corrected chi connectivity index (χ4v) is 7.40. The highest BCUT2D eigenvalue weighted by Crippen LogP contribution is 2.30. The largest absolute Gasteiger partial charge is 0.243 e. The van der Waals surface area contributed by atoms with Crippen molar-refractivity contribution in [1.29, 1.82) is 0 Å². The first kappa shape index (κ1) is 22.9. The first-order valence-electron chi connectivity index (χ1n) is 10.4. The van der Waals surface area contributed by atoms with E-state index in [-0.39, 0.29) is 28.4 Å². The number of sulfonamides is 2. The van der Waals surface area contributed by atoms with Crippen LogP contribution < -0.4 is 0 Å². The molecule has 1 fully saturated rings. The number of benzene rings is 2. The van der Waals surface area contributed by atoms with Crippen molar-refractivity contribution >= 4 is 20.0 Å². The molecule has 0 amide bonds. The summed E-state index contributed by atoms with van der Waals surface area (Å²) in [6.07, 6.45) is 2.68. The minimum absolute atomic E-state index is 0.0661. The Morgan fingerprint density at radius 3 is 1.93 bits per heavy atom. The fourth-order valence-electron chi connectivity index (χ4n) is 4.08. The minimum atomic E-state index is -3.73. The predicted molar refractivity (Wildman–Crippen MR) is 118 cm³/mol. The maximum absolute atomic E-state index is 13.2. The third-order valence-corrected chi connectivity index (χ3v) is 9.78. The van der Waals surface area contributed by atoms with E-state index in [9.17, 15) is 16.8 Å². The Hall–Kier alpha value is -1.74. The lowest BCUT2D eigenvalue weighted by atomic mass is 10.0. The summed E-state index contributed by atoms with van der Waals surface area (Å²) in [6.45, 7) is 6.23. The van der Waals surface area contributed by atoms with Crippen molar-refractivity contribution in [2.24, 2.45) is 0 Å². The zero-order chi connectivity index (χ0) is 21.9. The van der Waals surface area contributed by atoms with Crippen molar-refractivity contribution in [3.8, 4) is 0 Å². The molecule has 6 nitrogen and oxygen atoms in total. The van der Waals surface area contributed by atoms with Crippen LogP contribution in [0.3, 0.4) is 0 Å². The average Bonchev–Trinajstić information content (AvgIpc) is 2.72. The molecule has 2 aromatic rings. The predicted octanol–water partition coefficient (Wildman–Crippen LogP) is 3.85. The Balaban J connectivity index is 1.86. The lowest BCUT2D eigenvalue weighted by molar-refractivity contribution is 0.204. The molecule has 0 aliphatic carbocycles. The monoisotopic (exact) mass is 450 g/mol. The molecule has 2 aromatic carbocycles. The molecule has 0 saturated carbocycles. The Morgan fingerprint density at radius 1 is 0.867 bits per heavy atom. The number of rotatable bonds is 7. The third-order valence-electron chi connectivity index (χ3n) is 5.70. The molecular formula is C22H30N2O4S2. The Kier molecular flexibility index (Phi) is 7.02. The van der Waals surface area contributed by atoms with Crippen LogP contribution in [0.4, 0.5) is 0 Å². The molecule has 1 heterocycles. The molecular weight excluding hydrogens is 420 g/mol. The van der Waals surface area contributed by atoms with Crippen molar-refractivity contribution in [2.75, 3.05) is 6.54 Å². The molecule has 0 bridgehead atoms. The van der Waals surface area contributed by atoms with Gasteiger partial charge in [0.05, 0.1) is 9.79 Å². The van der Waals surface area contributed by atoms with Gasteiger partial charge in [0.1, 0.15) is 0 Å². The molecule has 164 valence electrons. The zero-order valence-electron chi connectivity index (χ0n) is 17.7. The van der Waals surface area contributed by atoms with Gasteiger partial charge >= 0.3 is 0 Å². The van der Waals surface area contributed by atoms with Crippen molar-refractivity contribution in [3.63, 3.8) is 0 Å². The highest BCUT2D eigenvalue weighted by Gasteiger charge is 2.36. The Bertz CT molecular complexity index is 1040. The molecule has 0 unspecified atom stereocenters. The Labute approximate surface area is 180 Å². The van der Waals surface area contributed by atoms with E-state index in [1.807, 2.05) is 44.2 Å². The molecule has 30 heavy (non-hydrogen) atoms. The van der Waals surface area contributed by atoms with E-state index in [2.05, 4.69) is 0 Å². The van der Waals surface area contributed by atoms with Gasteiger partial charge in [-0.3, -0.25) is 0 Å². The third kappa shape index (κ3) is 4.61. The first-order chi connectivity index (χ1) is 14.2. The molecule has 1 saturated heterocycles. The van der Waals surface area contributed by atoms with Crippen molar-refractivity contribution in [1.82, 2.24) is 8.61 Å². The molecule has 0 radical (unpaired) electrons. The quantitative estimate of drug-likeness (QED) is 0.642. The van der Waals surface area contributed by atoms with Gasteiger partial charge in [-0.25, -0.2) is 16.8 Å². The van der Waals surface area contributed by atoms with E-state index in [4.69, 9.17) is 0 Å². The highest BCUT2D eigenvalue weighted by molar-refractivity contribution is 7.89. The van der Waals surface area contributed by atoms with E-state index < -0.39 is 20.0 Å². The minimum Gasteiger partial charge on any atom is -0.207 e. The van der Waals surface area contributed by atoms with Gasteiger partial charge in [0, 0.05) is 25.2 Å². The number of piperidine rings is 1. The topological polar surface area (TPSA) is 74.8 Å². The van der Waals surface area contributed by atoms with Gasteiger partial charge in [0.2, 0.25) is 20.0 Å².